The lowest BCUT2D eigenvalue weighted by atomic mass is 9.99. The zero-order chi connectivity index (χ0) is 29.1. The molecule has 13 nitrogen and oxygen atoms in total. The molecule has 0 aliphatic carbocycles. The molecule has 0 saturated carbocycles. The highest BCUT2D eigenvalue weighted by molar-refractivity contribution is 7.99. The number of esters is 5. The largest absolute Gasteiger partial charge is 0.467 e. The molecule has 214 valence electrons. The van der Waals surface area contributed by atoms with Gasteiger partial charge in [0, 0.05) is 39.0 Å². The number of benzene rings is 1. The van der Waals surface area contributed by atoms with Crippen molar-refractivity contribution in [2.24, 2.45) is 0 Å². The molecule has 1 aromatic rings. The van der Waals surface area contributed by atoms with Crippen molar-refractivity contribution in [2.45, 2.75) is 63.6 Å². The van der Waals surface area contributed by atoms with Crippen molar-refractivity contribution in [2.75, 3.05) is 19.5 Å². The third-order valence-corrected chi connectivity index (χ3v) is 6.44. The molecular formula is C25H31NO12S. The molecule has 1 fully saturated rings. The van der Waals surface area contributed by atoms with Crippen molar-refractivity contribution in [3.63, 3.8) is 0 Å². The van der Waals surface area contributed by atoms with Gasteiger partial charge in [-0.15, -0.1) is 11.8 Å². The van der Waals surface area contributed by atoms with Gasteiger partial charge >= 0.3 is 29.8 Å². The Morgan fingerprint density at radius 1 is 0.846 bits per heavy atom. The number of amides is 1. The number of nitrogens with one attached hydrogen (secondary N) is 1. The molecular weight excluding hydrogens is 538 g/mol. The molecule has 0 radical (unpaired) electrons. The minimum Gasteiger partial charge on any atom is -0.467 e. The average Bonchev–Trinajstić information content (AvgIpc) is 2.87. The summed E-state index contributed by atoms with van der Waals surface area (Å²) in [6.45, 7) is 4.12. The van der Waals surface area contributed by atoms with Gasteiger partial charge in [0.25, 0.3) is 5.91 Å². The van der Waals surface area contributed by atoms with Crippen molar-refractivity contribution in [1.29, 1.82) is 0 Å². The predicted molar refractivity (Wildman–Crippen MR) is 134 cm³/mol. The van der Waals surface area contributed by atoms with E-state index in [9.17, 15) is 28.8 Å². The van der Waals surface area contributed by atoms with Gasteiger partial charge in [-0.05, 0) is 12.1 Å². The topological polar surface area (TPSA) is 170 Å². The molecule has 39 heavy (non-hydrogen) atoms. The van der Waals surface area contributed by atoms with Crippen LogP contribution in [-0.4, -0.2) is 91.1 Å². The standard InChI is InChI=1S/C25H31NO12S/c1-13(27)34-11-19-20(35-14(2)28)21(36-15(3)29)22(37-16(4)30)25(38-19)39-12-18(24(32)33-5)26-23(31)17-9-7-6-8-10-17/h6-10,18-22,25H,11-12H2,1-5H3,(H,26,31). The van der Waals surface area contributed by atoms with Crippen LogP contribution >= 0.6 is 11.8 Å². The maximum absolute atomic E-state index is 12.7. The summed E-state index contributed by atoms with van der Waals surface area (Å²) in [5.74, 6) is -4.34. The molecule has 0 bridgehead atoms. The summed E-state index contributed by atoms with van der Waals surface area (Å²) < 4.78 is 32.0. The Labute approximate surface area is 229 Å². The number of hydrogen-bond donors (Lipinski definition) is 1. The van der Waals surface area contributed by atoms with Gasteiger partial charge in [-0.3, -0.25) is 24.0 Å². The van der Waals surface area contributed by atoms with E-state index in [0.29, 0.717) is 5.56 Å². The molecule has 1 amide bonds. The van der Waals surface area contributed by atoms with E-state index in [-0.39, 0.29) is 12.4 Å². The lowest BCUT2D eigenvalue weighted by Gasteiger charge is -2.44. The monoisotopic (exact) mass is 569 g/mol. The van der Waals surface area contributed by atoms with Gasteiger partial charge in [0.05, 0.1) is 7.11 Å². The number of rotatable bonds is 11. The number of carbonyl (C=O) groups excluding carboxylic acids is 6. The zero-order valence-corrected chi connectivity index (χ0v) is 22.9. The third kappa shape index (κ3) is 9.87. The number of ether oxygens (including phenoxy) is 6. The fraction of sp³-hybridized carbons (Fsp3) is 0.520. The Hall–Kier alpha value is -3.65. The first kappa shape index (κ1) is 31.6. The van der Waals surface area contributed by atoms with Crippen molar-refractivity contribution in [3.8, 4) is 0 Å². The van der Waals surface area contributed by atoms with Gasteiger partial charge < -0.3 is 33.7 Å². The Bertz CT molecular complexity index is 1050. The molecule has 14 heteroatoms. The van der Waals surface area contributed by atoms with Crippen molar-refractivity contribution < 1.29 is 57.2 Å². The highest BCUT2D eigenvalue weighted by atomic mass is 32.2. The average molecular weight is 570 g/mol. The molecule has 1 N–H and O–H groups in total. The molecule has 1 aromatic carbocycles. The summed E-state index contributed by atoms with van der Waals surface area (Å²) in [5.41, 5.74) is -0.810. The highest BCUT2D eigenvalue weighted by Crippen LogP contribution is 2.34. The van der Waals surface area contributed by atoms with Gasteiger partial charge in [-0.25, -0.2) is 4.79 Å². The van der Waals surface area contributed by atoms with E-state index in [1.807, 2.05) is 0 Å². The highest BCUT2D eigenvalue weighted by Gasteiger charge is 2.52. The predicted octanol–water partition coefficient (Wildman–Crippen LogP) is 0.774. The number of methoxy groups -OCH3 is 1. The summed E-state index contributed by atoms with van der Waals surface area (Å²) >= 11 is 0.939. The Morgan fingerprint density at radius 3 is 1.95 bits per heavy atom. The smallest absolute Gasteiger partial charge is 0.329 e. The molecule has 1 aliphatic heterocycles. The van der Waals surface area contributed by atoms with Crippen molar-refractivity contribution in [3.05, 3.63) is 35.9 Å². The van der Waals surface area contributed by atoms with Crippen LogP contribution in [0.1, 0.15) is 38.1 Å². The molecule has 2 rings (SSSR count). The lowest BCUT2D eigenvalue weighted by Crippen LogP contribution is -2.61. The van der Waals surface area contributed by atoms with Crippen LogP contribution in [-0.2, 0) is 52.4 Å². The van der Waals surface area contributed by atoms with E-state index in [1.165, 1.54) is 0 Å². The van der Waals surface area contributed by atoms with Crippen molar-refractivity contribution in [1.82, 2.24) is 5.32 Å². The fourth-order valence-electron chi connectivity index (χ4n) is 3.66. The minimum atomic E-state index is -1.35. The summed E-state index contributed by atoms with van der Waals surface area (Å²) in [5, 5.41) is 2.59. The van der Waals surface area contributed by atoms with E-state index in [2.05, 4.69) is 5.32 Å². The first-order chi connectivity index (χ1) is 18.4. The lowest BCUT2D eigenvalue weighted by molar-refractivity contribution is -0.237. The van der Waals surface area contributed by atoms with Crippen molar-refractivity contribution >= 4 is 47.5 Å². The molecule has 1 saturated heterocycles. The second-order valence-corrected chi connectivity index (χ2v) is 9.45. The van der Waals surface area contributed by atoms with Gasteiger partial charge in [0.1, 0.15) is 24.2 Å². The second-order valence-electron chi connectivity index (χ2n) is 8.32. The van der Waals surface area contributed by atoms with E-state index in [1.54, 1.807) is 30.3 Å². The minimum absolute atomic E-state index is 0.126. The van der Waals surface area contributed by atoms with Gasteiger partial charge in [-0.2, -0.15) is 0 Å². The van der Waals surface area contributed by atoms with Crippen LogP contribution in [0.2, 0.25) is 0 Å². The number of thioether (sulfide) groups is 1. The van der Waals surface area contributed by atoms with Gasteiger partial charge in [0.15, 0.2) is 18.3 Å². The van der Waals surface area contributed by atoms with Crippen LogP contribution < -0.4 is 5.32 Å². The molecule has 6 atom stereocenters. The Morgan fingerprint density at radius 2 is 1.41 bits per heavy atom. The number of hydrogen-bond acceptors (Lipinski definition) is 13. The van der Waals surface area contributed by atoms with E-state index >= 15 is 0 Å². The summed E-state index contributed by atoms with van der Waals surface area (Å²) in [4.78, 5) is 72.4. The normalized spacial score (nSPS) is 22.9. The summed E-state index contributed by atoms with van der Waals surface area (Å²) in [6.07, 6.45) is -5.10. The molecule has 0 spiro atoms. The maximum atomic E-state index is 12.7. The molecule has 6 unspecified atom stereocenters. The SMILES string of the molecule is COC(=O)C(CSC1OC(COC(C)=O)C(OC(C)=O)C(OC(C)=O)C1OC(C)=O)NC(=O)c1ccccc1. The van der Waals surface area contributed by atoms with Crippen LogP contribution in [0.3, 0.4) is 0 Å². The molecule has 0 aromatic heterocycles. The van der Waals surface area contributed by atoms with Crippen LogP contribution in [0.5, 0.6) is 0 Å². The number of carbonyl (C=O) groups is 6. The van der Waals surface area contributed by atoms with Crippen LogP contribution in [0, 0.1) is 0 Å². The van der Waals surface area contributed by atoms with Gasteiger partial charge in [-0.1, -0.05) is 18.2 Å². The Balaban J connectivity index is 2.36. The maximum Gasteiger partial charge on any atom is 0.329 e. The molecule has 1 aliphatic rings. The van der Waals surface area contributed by atoms with Gasteiger partial charge in [0.2, 0.25) is 0 Å². The zero-order valence-electron chi connectivity index (χ0n) is 22.1. The second kappa shape index (κ2) is 15.1. The van der Waals surface area contributed by atoms with E-state index in [4.69, 9.17) is 28.4 Å². The van der Waals surface area contributed by atoms with E-state index < -0.39 is 71.6 Å². The summed E-state index contributed by atoms with van der Waals surface area (Å²) in [6, 6.07) is 7.03. The van der Waals surface area contributed by atoms with Crippen LogP contribution in [0.15, 0.2) is 30.3 Å². The fourth-order valence-corrected chi connectivity index (χ4v) is 4.88. The van der Waals surface area contributed by atoms with Crippen LogP contribution in [0.25, 0.3) is 0 Å². The van der Waals surface area contributed by atoms with Crippen LogP contribution in [0.4, 0.5) is 0 Å². The summed E-state index contributed by atoms with van der Waals surface area (Å²) in [7, 11) is 1.16. The van der Waals surface area contributed by atoms with E-state index in [0.717, 1.165) is 46.6 Å². The third-order valence-electron chi connectivity index (χ3n) is 5.20. The quantitative estimate of drug-likeness (QED) is 0.293. The first-order valence-electron chi connectivity index (χ1n) is 11.8. The molecule has 1 heterocycles. The Kier molecular flexibility index (Phi) is 12.2. The first-order valence-corrected chi connectivity index (χ1v) is 12.8.